The highest BCUT2D eigenvalue weighted by atomic mass is 16.5. The van der Waals surface area contributed by atoms with Gasteiger partial charge < -0.3 is 4.74 Å². The molecule has 1 aromatic rings. The first-order chi connectivity index (χ1) is 9.01. The van der Waals surface area contributed by atoms with Crippen molar-refractivity contribution in [2.45, 2.75) is 33.7 Å². The van der Waals surface area contributed by atoms with E-state index in [0.717, 1.165) is 16.7 Å². The summed E-state index contributed by atoms with van der Waals surface area (Å²) in [5.41, 5.74) is 4.35. The van der Waals surface area contributed by atoms with Crippen molar-refractivity contribution in [2.24, 2.45) is 0 Å². The van der Waals surface area contributed by atoms with Crippen molar-refractivity contribution in [3.63, 3.8) is 0 Å². The molecule has 0 bridgehead atoms. The number of hydrogen-bond donors (Lipinski definition) is 1. The molecule has 0 saturated heterocycles. The minimum atomic E-state index is -0.504. The highest BCUT2D eigenvalue weighted by Crippen LogP contribution is 2.23. The number of nitrogens with one attached hydrogen (secondary N) is 1. The lowest BCUT2D eigenvalue weighted by Gasteiger charge is -2.19. The molecule has 1 N–H and O–H groups in total. The first-order valence-electron chi connectivity index (χ1n) is 6.42. The minimum absolute atomic E-state index is 0.288. The zero-order valence-electron chi connectivity index (χ0n) is 12.0. The Labute approximate surface area is 115 Å². The molecule has 0 saturated carbocycles. The summed E-state index contributed by atoms with van der Waals surface area (Å²) in [5, 5.41) is 3.05. The van der Waals surface area contributed by atoms with Crippen molar-refractivity contribution in [3.8, 4) is 12.3 Å². The molecular formula is C16H21NO2. The molecule has 1 unspecified atom stereocenters. The van der Waals surface area contributed by atoms with Crippen molar-refractivity contribution in [1.29, 1.82) is 0 Å². The molecule has 1 atom stereocenters. The predicted molar refractivity (Wildman–Crippen MR) is 76.9 cm³/mol. The maximum absolute atomic E-state index is 12.0. The fourth-order valence-corrected chi connectivity index (χ4v) is 2.00. The molecule has 0 aliphatic heterocycles. The van der Waals surface area contributed by atoms with Gasteiger partial charge in [-0.25, -0.2) is 4.79 Å². The quantitative estimate of drug-likeness (QED) is 0.652. The normalized spacial score (nSPS) is 11.7. The summed E-state index contributed by atoms with van der Waals surface area (Å²) in [4.78, 5) is 12.0. The maximum atomic E-state index is 12.0. The lowest BCUT2D eigenvalue weighted by atomic mass is 9.95. The van der Waals surface area contributed by atoms with E-state index in [0.29, 0.717) is 13.2 Å². The topological polar surface area (TPSA) is 38.3 Å². The number of aryl methyl sites for hydroxylation is 3. The van der Waals surface area contributed by atoms with Gasteiger partial charge in [0, 0.05) is 0 Å². The third-order valence-corrected chi connectivity index (χ3v) is 3.12. The number of esters is 1. The molecule has 102 valence electrons. The first kappa shape index (κ1) is 15.3. The maximum Gasteiger partial charge on any atom is 0.327 e. The van der Waals surface area contributed by atoms with E-state index in [9.17, 15) is 4.79 Å². The second-order valence-corrected chi connectivity index (χ2v) is 4.56. The second-order valence-electron chi connectivity index (χ2n) is 4.56. The number of terminal acetylenes is 1. The van der Waals surface area contributed by atoms with Gasteiger partial charge in [0.05, 0.1) is 13.2 Å². The largest absolute Gasteiger partial charge is 0.465 e. The van der Waals surface area contributed by atoms with Crippen molar-refractivity contribution < 1.29 is 9.53 Å². The highest BCUT2D eigenvalue weighted by molar-refractivity contribution is 5.78. The van der Waals surface area contributed by atoms with Gasteiger partial charge in [-0.2, -0.15) is 0 Å². The summed E-state index contributed by atoms with van der Waals surface area (Å²) in [7, 11) is 0. The number of rotatable bonds is 5. The van der Waals surface area contributed by atoms with Crippen molar-refractivity contribution in [1.82, 2.24) is 5.32 Å². The lowest BCUT2D eigenvalue weighted by Crippen LogP contribution is -2.31. The smallest absolute Gasteiger partial charge is 0.327 e. The van der Waals surface area contributed by atoms with E-state index < -0.39 is 6.04 Å². The molecule has 3 nitrogen and oxygen atoms in total. The zero-order valence-corrected chi connectivity index (χ0v) is 12.0. The van der Waals surface area contributed by atoms with E-state index in [1.165, 1.54) is 5.56 Å². The van der Waals surface area contributed by atoms with Crippen LogP contribution in [0.2, 0.25) is 0 Å². The molecular weight excluding hydrogens is 238 g/mol. The molecule has 0 amide bonds. The van der Waals surface area contributed by atoms with Crippen molar-refractivity contribution in [2.75, 3.05) is 13.2 Å². The molecule has 0 aliphatic carbocycles. The molecule has 0 fully saturated rings. The zero-order chi connectivity index (χ0) is 14.4. The molecule has 0 radical (unpaired) electrons. The predicted octanol–water partition coefficient (Wildman–Crippen LogP) is 2.44. The number of carbonyl (C=O) groups excluding carboxylic acids is 1. The number of benzene rings is 1. The summed E-state index contributed by atoms with van der Waals surface area (Å²) >= 11 is 0. The SMILES string of the molecule is C#CCNC(C(=O)OCC)c1cc(C)c(C)cc1C. The fourth-order valence-electron chi connectivity index (χ4n) is 2.00. The van der Waals surface area contributed by atoms with Crippen molar-refractivity contribution >= 4 is 5.97 Å². The average molecular weight is 259 g/mol. The van der Waals surface area contributed by atoms with Crippen LogP contribution in [0.3, 0.4) is 0 Å². The van der Waals surface area contributed by atoms with Crippen LogP contribution in [0.1, 0.15) is 35.2 Å². The van der Waals surface area contributed by atoms with Crippen LogP contribution < -0.4 is 5.32 Å². The summed E-state index contributed by atoms with van der Waals surface area (Å²) in [5.74, 6) is 2.20. The van der Waals surface area contributed by atoms with Crippen LogP contribution in [-0.2, 0) is 9.53 Å². The Hall–Kier alpha value is -1.79. The third kappa shape index (κ3) is 3.84. The molecule has 0 heterocycles. The fraction of sp³-hybridized carbons (Fsp3) is 0.438. The van der Waals surface area contributed by atoms with E-state index in [4.69, 9.17) is 11.2 Å². The Bertz CT molecular complexity index is 500. The first-order valence-corrected chi connectivity index (χ1v) is 6.42. The highest BCUT2D eigenvalue weighted by Gasteiger charge is 2.23. The van der Waals surface area contributed by atoms with Crippen LogP contribution in [0.5, 0.6) is 0 Å². The van der Waals surface area contributed by atoms with E-state index in [1.54, 1.807) is 6.92 Å². The van der Waals surface area contributed by atoms with Crippen LogP contribution in [0.15, 0.2) is 12.1 Å². The van der Waals surface area contributed by atoms with Gasteiger partial charge in [0.15, 0.2) is 0 Å². The lowest BCUT2D eigenvalue weighted by molar-refractivity contribution is -0.145. The van der Waals surface area contributed by atoms with Crippen LogP contribution in [-0.4, -0.2) is 19.1 Å². The number of ether oxygens (including phenoxy) is 1. The van der Waals surface area contributed by atoms with Crippen molar-refractivity contribution in [3.05, 3.63) is 34.4 Å². The van der Waals surface area contributed by atoms with Crippen LogP contribution in [0.25, 0.3) is 0 Å². The van der Waals surface area contributed by atoms with Gasteiger partial charge in [-0.1, -0.05) is 18.1 Å². The van der Waals surface area contributed by atoms with Crippen LogP contribution >= 0.6 is 0 Å². The van der Waals surface area contributed by atoms with E-state index in [-0.39, 0.29) is 5.97 Å². The van der Waals surface area contributed by atoms with Gasteiger partial charge >= 0.3 is 5.97 Å². The molecule has 1 aromatic carbocycles. The molecule has 3 heteroatoms. The van der Waals surface area contributed by atoms with Gasteiger partial charge in [-0.15, -0.1) is 6.42 Å². The van der Waals surface area contributed by atoms with Gasteiger partial charge in [-0.05, 0) is 49.9 Å². The van der Waals surface area contributed by atoms with Gasteiger partial charge in [0.1, 0.15) is 6.04 Å². The van der Waals surface area contributed by atoms with Crippen LogP contribution in [0, 0.1) is 33.1 Å². The third-order valence-electron chi connectivity index (χ3n) is 3.12. The van der Waals surface area contributed by atoms with Gasteiger partial charge in [0.2, 0.25) is 0 Å². The molecule has 0 aromatic heterocycles. The minimum Gasteiger partial charge on any atom is -0.465 e. The molecule has 0 aliphatic rings. The Balaban J connectivity index is 3.13. The Morgan fingerprint density at radius 3 is 2.53 bits per heavy atom. The molecule has 0 spiro atoms. The van der Waals surface area contributed by atoms with E-state index >= 15 is 0 Å². The summed E-state index contributed by atoms with van der Waals surface area (Å²) in [6.45, 7) is 8.56. The average Bonchev–Trinajstić information content (AvgIpc) is 2.36. The van der Waals surface area contributed by atoms with E-state index in [2.05, 4.69) is 24.2 Å². The monoisotopic (exact) mass is 259 g/mol. The Kier molecular flexibility index (Phi) is 5.59. The standard InChI is InChI=1S/C16H21NO2/c1-6-8-17-15(16(18)19-7-2)14-10-12(4)11(3)9-13(14)5/h1,9-10,15,17H,7-8H2,2-5H3. The summed E-state index contributed by atoms with van der Waals surface area (Å²) in [6.07, 6.45) is 5.26. The molecule has 19 heavy (non-hydrogen) atoms. The second kappa shape index (κ2) is 6.96. The molecule has 1 rings (SSSR count). The Morgan fingerprint density at radius 2 is 1.95 bits per heavy atom. The summed E-state index contributed by atoms with van der Waals surface area (Å²) < 4.78 is 5.11. The van der Waals surface area contributed by atoms with Gasteiger partial charge in [-0.3, -0.25) is 5.32 Å². The number of carbonyl (C=O) groups is 1. The van der Waals surface area contributed by atoms with Gasteiger partial charge in [0.25, 0.3) is 0 Å². The summed E-state index contributed by atoms with van der Waals surface area (Å²) in [6, 6.07) is 3.60. The number of hydrogen-bond acceptors (Lipinski definition) is 3. The van der Waals surface area contributed by atoms with Crippen LogP contribution in [0.4, 0.5) is 0 Å². The van der Waals surface area contributed by atoms with E-state index in [1.807, 2.05) is 19.9 Å². The Morgan fingerprint density at radius 1 is 1.32 bits per heavy atom.